The lowest BCUT2D eigenvalue weighted by Crippen LogP contribution is -2.61. The first-order valence-corrected chi connectivity index (χ1v) is 17.6. The number of carbonyl (C=O) groups is 1. The zero-order valence-electron chi connectivity index (χ0n) is 28.4. The van der Waals surface area contributed by atoms with Crippen molar-refractivity contribution in [3.05, 3.63) is 141 Å². The summed E-state index contributed by atoms with van der Waals surface area (Å²) in [5.74, 6) is 1.12. The van der Waals surface area contributed by atoms with E-state index < -0.39 is 17.7 Å². The van der Waals surface area contributed by atoms with Gasteiger partial charge in [-0.2, -0.15) is 0 Å². The van der Waals surface area contributed by atoms with Gasteiger partial charge in [0.2, 0.25) is 5.56 Å². The number of hydrogen-bond acceptors (Lipinski definition) is 7. The third-order valence-electron chi connectivity index (χ3n) is 10.6. The minimum atomic E-state index is -1.05. The molecule has 6 N–H and O–H groups in total. The van der Waals surface area contributed by atoms with Crippen LogP contribution in [0.3, 0.4) is 0 Å². The van der Waals surface area contributed by atoms with Gasteiger partial charge in [-0.25, -0.2) is 4.79 Å². The van der Waals surface area contributed by atoms with Gasteiger partial charge >= 0.3 is 6.09 Å². The molecule has 3 aliphatic heterocycles. The number of amides is 1. The number of aliphatic hydroxyl groups excluding tert-OH is 1. The highest BCUT2D eigenvalue weighted by Gasteiger charge is 2.50. The Labute approximate surface area is 296 Å². The summed E-state index contributed by atoms with van der Waals surface area (Å²) >= 11 is 0. The predicted molar refractivity (Wildman–Crippen MR) is 196 cm³/mol. The van der Waals surface area contributed by atoms with E-state index >= 15 is 0 Å². The number of aromatic nitrogens is 1. The molecule has 3 fully saturated rings. The SMILES string of the molecule is O=C(O)NC(c1ccccc1)(c1cccc(OCc2cccc(CCNC[C@H](O)c3ccc(O)c4[nH]c(=O)ccc34)c2)c1)[C@H]1CN2CCC1CC2. The molecule has 8 rings (SSSR count). The number of fused-ring (bicyclic) bond motifs is 4. The van der Waals surface area contributed by atoms with Crippen LogP contribution in [-0.4, -0.2) is 64.0 Å². The van der Waals surface area contributed by atoms with Crippen LogP contribution in [0, 0.1) is 11.8 Å². The zero-order valence-corrected chi connectivity index (χ0v) is 28.4. The van der Waals surface area contributed by atoms with Crippen LogP contribution in [-0.2, 0) is 18.6 Å². The van der Waals surface area contributed by atoms with Gasteiger partial charge in [-0.05, 0) is 96.9 Å². The number of benzene rings is 4. The molecule has 1 unspecified atom stereocenters. The van der Waals surface area contributed by atoms with Gasteiger partial charge in [0.25, 0.3) is 0 Å². The van der Waals surface area contributed by atoms with Crippen LogP contribution in [0.25, 0.3) is 10.9 Å². The molecule has 10 nitrogen and oxygen atoms in total. The predicted octanol–water partition coefficient (Wildman–Crippen LogP) is 5.53. The summed E-state index contributed by atoms with van der Waals surface area (Å²) in [5, 5.41) is 38.2. The Morgan fingerprint density at radius 2 is 1.69 bits per heavy atom. The molecule has 4 aromatic carbocycles. The highest BCUT2D eigenvalue weighted by Crippen LogP contribution is 2.47. The number of pyridine rings is 1. The van der Waals surface area contributed by atoms with Crippen molar-refractivity contribution in [3.8, 4) is 11.5 Å². The van der Waals surface area contributed by atoms with E-state index in [1.54, 1.807) is 12.1 Å². The number of H-pyrrole nitrogens is 1. The average molecular weight is 689 g/mol. The Bertz CT molecular complexity index is 2040. The van der Waals surface area contributed by atoms with Crippen molar-refractivity contribution in [2.45, 2.75) is 37.5 Å². The normalized spacial score (nSPS) is 20.1. The summed E-state index contributed by atoms with van der Waals surface area (Å²) in [7, 11) is 0. The lowest BCUT2D eigenvalue weighted by Gasteiger charge is -2.53. The van der Waals surface area contributed by atoms with E-state index in [0.29, 0.717) is 47.8 Å². The molecule has 0 radical (unpaired) electrons. The highest BCUT2D eigenvalue weighted by molar-refractivity contribution is 5.87. The summed E-state index contributed by atoms with van der Waals surface area (Å²) in [4.78, 5) is 29.3. The third-order valence-corrected chi connectivity index (χ3v) is 10.6. The van der Waals surface area contributed by atoms with Crippen LogP contribution in [0.15, 0.2) is 108 Å². The number of aliphatic hydroxyl groups is 1. The summed E-state index contributed by atoms with van der Waals surface area (Å²) in [5.41, 5.74) is 3.64. The Balaban J connectivity index is 1.02. The first-order chi connectivity index (χ1) is 24.8. The first-order valence-electron chi connectivity index (χ1n) is 17.6. The van der Waals surface area contributed by atoms with Gasteiger partial charge in [-0.15, -0.1) is 0 Å². The minimum Gasteiger partial charge on any atom is -0.506 e. The number of ether oxygens (including phenoxy) is 1. The Hall–Kier alpha value is -5.16. The molecule has 264 valence electrons. The maximum absolute atomic E-state index is 12.5. The number of hydrogen-bond donors (Lipinski definition) is 6. The molecule has 51 heavy (non-hydrogen) atoms. The summed E-state index contributed by atoms with van der Waals surface area (Å²) < 4.78 is 6.36. The van der Waals surface area contributed by atoms with Crippen LogP contribution in [0.5, 0.6) is 11.5 Å². The van der Waals surface area contributed by atoms with Crippen LogP contribution in [0.4, 0.5) is 4.79 Å². The van der Waals surface area contributed by atoms with Gasteiger partial charge in [0.15, 0.2) is 0 Å². The van der Waals surface area contributed by atoms with Gasteiger partial charge in [0, 0.05) is 30.5 Å². The summed E-state index contributed by atoms with van der Waals surface area (Å²) in [6.45, 7) is 4.24. The maximum atomic E-state index is 12.5. The largest absolute Gasteiger partial charge is 0.506 e. The van der Waals surface area contributed by atoms with E-state index in [1.807, 2.05) is 66.7 Å². The van der Waals surface area contributed by atoms with Crippen molar-refractivity contribution < 1.29 is 24.9 Å². The van der Waals surface area contributed by atoms with E-state index in [-0.39, 0.29) is 17.2 Å². The molecule has 2 bridgehead atoms. The zero-order chi connectivity index (χ0) is 35.4. The second-order valence-electron chi connectivity index (χ2n) is 13.7. The Kier molecular flexibility index (Phi) is 10.1. The van der Waals surface area contributed by atoms with E-state index in [1.165, 1.54) is 12.1 Å². The van der Waals surface area contributed by atoms with Crippen LogP contribution in [0.1, 0.15) is 46.8 Å². The fourth-order valence-corrected chi connectivity index (χ4v) is 8.16. The van der Waals surface area contributed by atoms with E-state index in [4.69, 9.17) is 4.74 Å². The number of aromatic hydroxyl groups is 1. The lowest BCUT2D eigenvalue weighted by atomic mass is 9.63. The number of piperidine rings is 3. The van der Waals surface area contributed by atoms with Crippen LogP contribution < -0.4 is 20.9 Å². The Morgan fingerprint density at radius 1 is 0.922 bits per heavy atom. The van der Waals surface area contributed by atoms with Gasteiger partial charge in [-0.3, -0.25) is 4.79 Å². The number of phenolic OH excluding ortho intramolecular Hbond substituents is 1. The molecule has 3 saturated heterocycles. The number of phenols is 1. The van der Waals surface area contributed by atoms with Crippen molar-refractivity contribution in [2.75, 3.05) is 32.7 Å². The monoisotopic (exact) mass is 688 g/mol. The molecule has 4 heterocycles. The van der Waals surface area contributed by atoms with Crippen LogP contribution >= 0.6 is 0 Å². The van der Waals surface area contributed by atoms with Gasteiger partial charge in [-0.1, -0.05) is 72.8 Å². The fraction of sp³-hybridized carbons (Fsp3) is 0.317. The fourth-order valence-electron chi connectivity index (χ4n) is 8.16. The van der Waals surface area contributed by atoms with Crippen molar-refractivity contribution in [3.63, 3.8) is 0 Å². The molecule has 3 atom stereocenters. The van der Waals surface area contributed by atoms with Crippen LogP contribution in [0.2, 0.25) is 0 Å². The molecule has 1 amide bonds. The third kappa shape index (κ3) is 7.35. The second kappa shape index (κ2) is 15.0. The smallest absolute Gasteiger partial charge is 0.405 e. The second-order valence-corrected chi connectivity index (χ2v) is 13.7. The van der Waals surface area contributed by atoms with Crippen molar-refractivity contribution in [2.24, 2.45) is 11.8 Å². The minimum absolute atomic E-state index is 0.0388. The molecular weight excluding hydrogens is 644 g/mol. The standard InChI is InChI=1S/C41H44N4O6/c46-36-14-12-33(34-13-15-38(48)43-39(34)36)37(47)24-42-19-16-27-6-4-7-28(22-27)26-51-32-11-5-10-31(23-32)41(44-40(49)50,30-8-2-1-3-9-30)35-25-45-20-17-29(35)18-21-45/h1-15,22-23,29,35,37,42,44,46-47H,16-21,24-26H2,(H,43,48)(H,49,50)/t35-,37-,41?/m0/s1. The van der Waals surface area contributed by atoms with E-state index in [0.717, 1.165) is 61.2 Å². The first kappa shape index (κ1) is 34.3. The number of carboxylic acid groups (broad SMARTS) is 1. The quantitative estimate of drug-likeness (QED) is 0.0886. The van der Waals surface area contributed by atoms with Gasteiger partial charge < -0.3 is 40.6 Å². The number of nitrogens with zero attached hydrogens (tertiary/aromatic N) is 1. The average Bonchev–Trinajstić information content (AvgIpc) is 3.16. The molecule has 5 aromatic rings. The molecule has 10 heteroatoms. The molecular formula is C41H44N4O6. The number of rotatable bonds is 13. The molecule has 0 aliphatic carbocycles. The summed E-state index contributed by atoms with van der Waals surface area (Å²) in [6.07, 6.45) is 0.976. The maximum Gasteiger partial charge on any atom is 0.405 e. The number of aromatic amines is 1. The van der Waals surface area contributed by atoms with Crippen molar-refractivity contribution in [1.29, 1.82) is 0 Å². The van der Waals surface area contributed by atoms with Gasteiger partial charge in [0.1, 0.15) is 18.1 Å². The van der Waals surface area contributed by atoms with Crippen molar-refractivity contribution in [1.82, 2.24) is 20.5 Å². The molecule has 1 aromatic heterocycles. The highest BCUT2D eigenvalue weighted by atomic mass is 16.5. The number of nitrogens with one attached hydrogen (secondary N) is 3. The molecule has 0 spiro atoms. The topological polar surface area (TPSA) is 147 Å². The van der Waals surface area contributed by atoms with Gasteiger partial charge in [0.05, 0.1) is 17.2 Å². The Morgan fingerprint density at radius 3 is 2.45 bits per heavy atom. The van der Waals surface area contributed by atoms with E-state index in [9.17, 15) is 24.9 Å². The van der Waals surface area contributed by atoms with Crippen molar-refractivity contribution >= 4 is 17.0 Å². The lowest BCUT2D eigenvalue weighted by molar-refractivity contribution is 0.00716. The molecule has 3 aliphatic rings. The molecule has 0 saturated carbocycles. The van der Waals surface area contributed by atoms with E-state index in [2.05, 4.69) is 32.7 Å². The summed E-state index contributed by atoms with van der Waals surface area (Å²) in [6, 6.07) is 32.2.